The largest absolute Gasteiger partial charge is 0.994 e. The van der Waals surface area contributed by atoms with E-state index in [2.05, 4.69) is 18.0 Å². The van der Waals surface area contributed by atoms with Gasteiger partial charge < -0.3 is 40.1 Å². The number of rotatable bonds is 7. The Hall–Kier alpha value is -2.84. The molecule has 29 heavy (non-hydrogen) atoms. The highest BCUT2D eigenvalue weighted by Gasteiger charge is 2.54. The molecule has 1 aromatic rings. The molecule has 0 spiro atoms. The fourth-order valence-corrected chi connectivity index (χ4v) is 2.88. The fraction of sp³-hybridized carbons (Fsp3) is 0.278. The molecule has 2 aliphatic heterocycles. The van der Waals surface area contributed by atoms with E-state index < -0.39 is 14.2 Å². The van der Waals surface area contributed by atoms with Crippen molar-refractivity contribution in [3.8, 4) is 0 Å². The van der Waals surface area contributed by atoms with Gasteiger partial charge in [0.1, 0.15) is 5.78 Å². The minimum Gasteiger partial charge on any atom is -0.572 e. The lowest BCUT2D eigenvalue weighted by Crippen LogP contribution is -2.35. The molecule has 1 aromatic carbocycles. The summed E-state index contributed by atoms with van der Waals surface area (Å²) in [6.45, 7) is 1.34. The average molecular weight is 412 g/mol. The summed E-state index contributed by atoms with van der Waals surface area (Å²) >= 11 is 0. The van der Waals surface area contributed by atoms with Crippen LogP contribution in [0.4, 0.5) is 17.3 Å². The molecule has 0 saturated heterocycles. The third-order valence-electron chi connectivity index (χ3n) is 4.14. The standard InChI is InChI=1S/C18H18B2F4O5/c1-13(25)7-8-15-11-16(27-19(21,22)26-15)9-10-17-12-18(29-20(23,24)28-17)14-5-3-2-4-6-14/h2-6,11-12H,7-10H2,1H3. The quantitative estimate of drug-likeness (QED) is 0.383. The van der Waals surface area contributed by atoms with E-state index >= 15 is 0 Å². The van der Waals surface area contributed by atoms with Crippen LogP contribution in [0.2, 0.25) is 0 Å². The van der Waals surface area contributed by atoms with Crippen LogP contribution in [-0.4, -0.2) is 31.6 Å². The molecule has 0 fully saturated rings. The van der Waals surface area contributed by atoms with Crippen molar-refractivity contribution in [3.63, 3.8) is 0 Å². The van der Waals surface area contributed by atoms with Crippen molar-refractivity contribution in [1.29, 1.82) is 0 Å². The molecule has 0 unspecified atom stereocenters. The number of benzene rings is 1. The predicted octanol–water partition coefficient (Wildman–Crippen LogP) is 4.24. The summed E-state index contributed by atoms with van der Waals surface area (Å²) in [7, 11) is -9.16. The highest BCUT2D eigenvalue weighted by molar-refractivity contribution is 6.51. The number of carbonyl (C=O) groups is 1. The molecule has 3 rings (SSSR count). The van der Waals surface area contributed by atoms with Crippen LogP contribution in [0.15, 0.2) is 54.0 Å². The summed E-state index contributed by atoms with van der Waals surface area (Å²) in [5.74, 6) is -0.570. The topological polar surface area (TPSA) is 58.1 Å². The fourth-order valence-electron chi connectivity index (χ4n) is 2.88. The molecule has 2 aliphatic rings. The molecule has 0 bridgehead atoms. The number of carbonyl (C=O) groups excluding carboxylic acids is 3. The van der Waals surface area contributed by atoms with Gasteiger partial charge in [-0.1, -0.05) is 18.2 Å². The average Bonchev–Trinajstić information content (AvgIpc) is 2.63. The second kappa shape index (κ2) is 8.26. The van der Waals surface area contributed by atoms with Crippen LogP contribution in [-0.2, 0) is 18.4 Å². The molecule has 154 valence electrons. The van der Waals surface area contributed by atoms with E-state index in [9.17, 15) is 22.1 Å². The van der Waals surface area contributed by atoms with Gasteiger partial charge in [0.25, 0.3) is 11.6 Å². The van der Waals surface area contributed by atoms with Gasteiger partial charge in [-0.15, -0.1) is 0 Å². The molecule has 0 amide bonds. The number of halogens is 4. The van der Waals surface area contributed by atoms with Crippen molar-refractivity contribution in [1.82, 2.24) is 0 Å². The van der Waals surface area contributed by atoms with E-state index in [1.54, 1.807) is 30.3 Å². The van der Waals surface area contributed by atoms with Gasteiger partial charge in [0.15, 0.2) is 0 Å². The Morgan fingerprint density at radius 3 is 2.10 bits per heavy atom. The van der Waals surface area contributed by atoms with E-state index in [4.69, 9.17) is 0 Å². The van der Waals surface area contributed by atoms with Crippen molar-refractivity contribution in [2.24, 2.45) is 0 Å². The molecule has 0 radical (unpaired) electrons. The maximum atomic E-state index is 13.9. The lowest BCUT2D eigenvalue weighted by Gasteiger charge is -2.23. The Bertz CT molecular complexity index is 910. The summed E-state index contributed by atoms with van der Waals surface area (Å²) in [5.41, 5.74) is 0.436. The van der Waals surface area contributed by atoms with E-state index in [0.717, 1.165) is 0 Å². The van der Waals surface area contributed by atoms with Gasteiger partial charge >= 0.3 is 14.2 Å². The van der Waals surface area contributed by atoms with E-state index in [-0.39, 0.29) is 54.6 Å². The zero-order valence-electron chi connectivity index (χ0n) is 15.6. The molecule has 0 aromatic heterocycles. The number of hydrogen-bond acceptors (Lipinski definition) is 3. The van der Waals surface area contributed by atoms with Gasteiger partial charge in [0, 0.05) is 19.3 Å². The van der Waals surface area contributed by atoms with Gasteiger partial charge in [-0.3, -0.25) is 0 Å². The lowest BCUT2D eigenvalue weighted by molar-refractivity contribution is -0.366. The van der Waals surface area contributed by atoms with Crippen LogP contribution < -0.4 is 0 Å². The molecule has 2 heterocycles. The second-order valence-electron chi connectivity index (χ2n) is 6.66. The molecule has 5 nitrogen and oxygen atoms in total. The SMILES string of the molecule is CC(=O)CCC1=[O+][B-](F)(F)OC(CCC2=CC(c3ccccc3)=[O+][B-](F)(F)O2)=C1. The van der Waals surface area contributed by atoms with E-state index in [0.29, 0.717) is 5.56 Å². The van der Waals surface area contributed by atoms with Gasteiger partial charge in [0.2, 0.25) is 0 Å². The summed E-state index contributed by atoms with van der Waals surface area (Å²) in [5, 5.41) is 0. The summed E-state index contributed by atoms with van der Waals surface area (Å²) < 4.78 is 73.3. The minimum atomic E-state index is -4.58. The number of hydrogen-bond donors (Lipinski definition) is 0. The third-order valence-corrected chi connectivity index (χ3v) is 4.14. The maximum Gasteiger partial charge on any atom is 0.994 e. The van der Waals surface area contributed by atoms with Gasteiger partial charge in [0.05, 0.1) is 35.7 Å². The molecular formula is C18H18B2F4O5. The lowest BCUT2D eigenvalue weighted by atomic mass is 10.0. The summed E-state index contributed by atoms with van der Waals surface area (Å²) in [4.78, 5) is 11.1. The van der Waals surface area contributed by atoms with Crippen molar-refractivity contribution >= 4 is 31.6 Å². The normalized spacial score (nSPS) is 19.8. The first-order chi connectivity index (χ1) is 13.6. The number of allylic oxidation sites excluding steroid dienone is 4. The van der Waals surface area contributed by atoms with Crippen LogP contribution in [0, 0.1) is 0 Å². The first-order valence-electron chi connectivity index (χ1n) is 9.07. The zero-order chi connectivity index (χ0) is 21.1. The van der Waals surface area contributed by atoms with Gasteiger partial charge in [-0.25, -0.2) is 0 Å². The highest BCUT2D eigenvalue weighted by atomic mass is 19.3. The van der Waals surface area contributed by atoms with Crippen molar-refractivity contribution in [3.05, 3.63) is 59.6 Å². The summed E-state index contributed by atoms with van der Waals surface area (Å²) in [6.07, 6.45) is 2.37. The van der Waals surface area contributed by atoms with Crippen LogP contribution in [0.3, 0.4) is 0 Å². The molecule has 0 saturated carbocycles. The predicted molar refractivity (Wildman–Crippen MR) is 99.2 cm³/mol. The smallest absolute Gasteiger partial charge is 0.572 e. The van der Waals surface area contributed by atoms with E-state index in [1.165, 1.54) is 19.1 Å². The molecule has 0 aliphatic carbocycles. The van der Waals surface area contributed by atoms with Crippen LogP contribution in [0.1, 0.15) is 42.5 Å². The first kappa shape index (κ1) is 20.9. The Morgan fingerprint density at radius 2 is 1.48 bits per heavy atom. The molecular weight excluding hydrogens is 394 g/mol. The number of ketones is 3. The van der Waals surface area contributed by atoms with Crippen LogP contribution in [0.5, 0.6) is 0 Å². The molecule has 11 heteroatoms. The Labute approximate surface area is 164 Å². The van der Waals surface area contributed by atoms with Crippen molar-refractivity contribution in [2.45, 2.75) is 32.6 Å². The second-order valence-corrected chi connectivity index (χ2v) is 6.66. The molecule has 0 atom stereocenters. The first-order valence-corrected chi connectivity index (χ1v) is 9.07. The van der Waals surface area contributed by atoms with Gasteiger partial charge in [-0.2, -0.15) is 0 Å². The third kappa shape index (κ3) is 6.07. The molecule has 0 N–H and O–H groups in total. The Kier molecular flexibility index (Phi) is 5.95. The summed E-state index contributed by atoms with van der Waals surface area (Å²) in [6, 6.07) is 8.27. The monoisotopic (exact) mass is 412 g/mol. The highest BCUT2D eigenvalue weighted by Crippen LogP contribution is 2.28. The minimum absolute atomic E-state index is 0.000312. The van der Waals surface area contributed by atoms with Gasteiger partial charge in [-0.05, 0) is 19.1 Å². The Balaban J connectivity index is 1.73. The van der Waals surface area contributed by atoms with Crippen molar-refractivity contribution < 1.29 is 40.1 Å². The van der Waals surface area contributed by atoms with Crippen LogP contribution in [0.25, 0.3) is 0 Å². The zero-order valence-corrected chi connectivity index (χ0v) is 15.6. The van der Waals surface area contributed by atoms with Crippen LogP contribution >= 0.6 is 0 Å². The number of Topliss-reactive ketones (excluding diaryl/α,β-unsaturated/α-hetero) is 1. The van der Waals surface area contributed by atoms with Crippen molar-refractivity contribution in [2.75, 3.05) is 0 Å². The Morgan fingerprint density at radius 1 is 0.897 bits per heavy atom. The maximum absolute atomic E-state index is 13.9. The van der Waals surface area contributed by atoms with E-state index in [1.807, 2.05) is 0 Å².